The van der Waals surface area contributed by atoms with Crippen LogP contribution < -0.4 is 0 Å². The second-order valence-electron chi connectivity index (χ2n) is 7.12. The summed E-state index contributed by atoms with van der Waals surface area (Å²) in [6.07, 6.45) is -0.827. The number of H-pyrrole nitrogens is 2. The van der Waals surface area contributed by atoms with Gasteiger partial charge in [0.05, 0.1) is 35.3 Å². The van der Waals surface area contributed by atoms with Crippen LogP contribution in [0.1, 0.15) is 35.4 Å². The van der Waals surface area contributed by atoms with E-state index in [9.17, 15) is 22.7 Å². The van der Waals surface area contributed by atoms with E-state index in [0.29, 0.717) is 40.4 Å². The Hall–Kier alpha value is -3.01. The summed E-state index contributed by atoms with van der Waals surface area (Å²) >= 11 is 0. The second-order valence-corrected chi connectivity index (χ2v) is 7.12. The molecule has 3 N–H and O–H groups in total. The van der Waals surface area contributed by atoms with E-state index in [4.69, 9.17) is 0 Å². The second kappa shape index (κ2) is 6.24. The first-order valence-corrected chi connectivity index (χ1v) is 9.13. The molecule has 0 saturated heterocycles. The van der Waals surface area contributed by atoms with Gasteiger partial charge in [-0.25, -0.2) is 9.37 Å². The average molecular weight is 405 g/mol. The van der Waals surface area contributed by atoms with Crippen molar-refractivity contribution in [2.75, 3.05) is 0 Å². The molecule has 6 nitrogen and oxygen atoms in total. The Kier molecular flexibility index (Phi) is 3.89. The number of fused-ring (bicyclic) bond motifs is 5. The van der Waals surface area contributed by atoms with Crippen LogP contribution in [0.3, 0.4) is 0 Å². The molecule has 3 aromatic heterocycles. The first kappa shape index (κ1) is 18.0. The van der Waals surface area contributed by atoms with Gasteiger partial charge in [0.2, 0.25) is 0 Å². The van der Waals surface area contributed by atoms with E-state index in [1.807, 2.05) is 5.10 Å². The van der Waals surface area contributed by atoms with Gasteiger partial charge in [-0.2, -0.15) is 23.4 Å². The van der Waals surface area contributed by atoms with Crippen molar-refractivity contribution < 1.29 is 22.7 Å². The van der Waals surface area contributed by atoms with Gasteiger partial charge < -0.3 is 5.11 Å². The van der Waals surface area contributed by atoms with Crippen molar-refractivity contribution >= 4 is 21.8 Å². The maximum absolute atomic E-state index is 14.9. The van der Waals surface area contributed by atoms with E-state index in [2.05, 4.69) is 20.3 Å². The lowest BCUT2D eigenvalue weighted by molar-refractivity contribution is -0.140. The molecule has 0 radical (unpaired) electrons. The quantitative estimate of drug-likeness (QED) is 0.439. The molecule has 10 heteroatoms. The van der Waals surface area contributed by atoms with Crippen molar-refractivity contribution in [2.24, 2.45) is 0 Å². The van der Waals surface area contributed by atoms with E-state index in [-0.39, 0.29) is 23.4 Å². The SMILES string of the molecule is OCc1[nH]nc2cc(F)c3nc(-c4cn[nH]c4C(F)(F)F)c4c(c3c12)CCCC4. The van der Waals surface area contributed by atoms with Crippen molar-refractivity contribution in [3.05, 3.63) is 40.6 Å². The topological polar surface area (TPSA) is 90.5 Å². The van der Waals surface area contributed by atoms with Gasteiger partial charge in [0.1, 0.15) is 11.2 Å². The Morgan fingerprint density at radius 3 is 2.55 bits per heavy atom. The molecule has 0 amide bonds. The molecule has 4 aromatic rings. The lowest BCUT2D eigenvalue weighted by atomic mass is 9.85. The fourth-order valence-corrected chi connectivity index (χ4v) is 4.25. The minimum atomic E-state index is -4.64. The Bertz CT molecular complexity index is 1260. The van der Waals surface area contributed by atoms with E-state index in [0.717, 1.165) is 24.6 Å². The molecule has 1 aliphatic carbocycles. The lowest BCUT2D eigenvalue weighted by Gasteiger charge is -2.22. The highest BCUT2D eigenvalue weighted by molar-refractivity contribution is 6.09. The minimum Gasteiger partial charge on any atom is -0.390 e. The van der Waals surface area contributed by atoms with E-state index < -0.39 is 17.7 Å². The summed E-state index contributed by atoms with van der Waals surface area (Å²) in [6, 6.07) is 1.18. The Morgan fingerprint density at radius 1 is 1.07 bits per heavy atom. The van der Waals surface area contributed by atoms with Crippen LogP contribution >= 0.6 is 0 Å². The summed E-state index contributed by atoms with van der Waals surface area (Å²) in [7, 11) is 0. The molecule has 150 valence electrons. The van der Waals surface area contributed by atoms with Gasteiger partial charge in [-0.1, -0.05) is 0 Å². The van der Waals surface area contributed by atoms with E-state index in [1.54, 1.807) is 0 Å². The standard InChI is InChI=1S/C19H15F4N5O/c20-11-5-12-15(13(7-29)27-26-12)14-8-3-1-2-4-9(8)16(25-17(11)14)10-6-24-28-18(10)19(21,22)23/h5-6,29H,1-4,7H2,(H,24,28)(H,26,27). The van der Waals surface area contributed by atoms with Crippen LogP contribution in [-0.2, 0) is 25.6 Å². The lowest BCUT2D eigenvalue weighted by Crippen LogP contribution is -2.12. The van der Waals surface area contributed by atoms with Crippen molar-refractivity contribution in [1.82, 2.24) is 25.4 Å². The summed E-state index contributed by atoms with van der Waals surface area (Å²) in [5.74, 6) is -0.671. The van der Waals surface area contributed by atoms with Crippen LogP contribution in [0.4, 0.5) is 17.6 Å². The van der Waals surface area contributed by atoms with Gasteiger partial charge in [0.25, 0.3) is 0 Å². The molecule has 0 fully saturated rings. The number of aromatic nitrogens is 5. The number of aliphatic hydroxyl groups excluding tert-OH is 1. The number of hydrogen-bond acceptors (Lipinski definition) is 4. The molecular formula is C19H15F4N5O. The van der Waals surface area contributed by atoms with Crippen molar-refractivity contribution in [3.63, 3.8) is 0 Å². The van der Waals surface area contributed by atoms with Crippen molar-refractivity contribution in [3.8, 4) is 11.3 Å². The molecule has 0 spiro atoms. The molecule has 0 saturated carbocycles. The van der Waals surface area contributed by atoms with E-state index in [1.165, 1.54) is 6.07 Å². The van der Waals surface area contributed by atoms with Crippen LogP contribution in [0.15, 0.2) is 12.3 Å². The normalized spacial score (nSPS) is 14.7. The molecule has 0 aliphatic heterocycles. The Labute approximate surface area is 161 Å². The van der Waals surface area contributed by atoms with E-state index >= 15 is 0 Å². The summed E-state index contributed by atoms with van der Waals surface area (Å²) in [6.45, 7) is -0.326. The number of benzene rings is 1. The third-order valence-electron chi connectivity index (χ3n) is 5.46. The van der Waals surface area contributed by atoms with Crippen LogP contribution in [0, 0.1) is 5.82 Å². The zero-order valence-electron chi connectivity index (χ0n) is 15.0. The Balaban J connectivity index is 1.93. The summed E-state index contributed by atoms with van der Waals surface area (Å²) in [4.78, 5) is 4.35. The average Bonchev–Trinajstić information content (AvgIpc) is 3.34. The number of halogens is 4. The van der Waals surface area contributed by atoms with Crippen molar-refractivity contribution in [1.29, 1.82) is 0 Å². The first-order chi connectivity index (χ1) is 13.9. The highest BCUT2D eigenvalue weighted by Gasteiger charge is 2.37. The molecule has 29 heavy (non-hydrogen) atoms. The minimum absolute atomic E-state index is 0.0291. The molecule has 5 rings (SSSR count). The van der Waals surface area contributed by atoms with Gasteiger partial charge >= 0.3 is 6.18 Å². The fourth-order valence-electron chi connectivity index (χ4n) is 4.25. The van der Waals surface area contributed by atoms with Gasteiger partial charge in [-0.05, 0) is 36.8 Å². The third kappa shape index (κ3) is 2.62. The predicted molar refractivity (Wildman–Crippen MR) is 96.5 cm³/mol. The zero-order valence-corrected chi connectivity index (χ0v) is 15.0. The highest BCUT2D eigenvalue weighted by Crippen LogP contribution is 2.42. The monoisotopic (exact) mass is 405 g/mol. The van der Waals surface area contributed by atoms with Crippen LogP contribution in [0.5, 0.6) is 0 Å². The first-order valence-electron chi connectivity index (χ1n) is 9.13. The van der Waals surface area contributed by atoms with Gasteiger partial charge in [0, 0.05) is 16.8 Å². The molecule has 1 aliphatic rings. The largest absolute Gasteiger partial charge is 0.433 e. The van der Waals surface area contributed by atoms with Crippen LogP contribution in [-0.4, -0.2) is 30.5 Å². The zero-order chi connectivity index (χ0) is 20.3. The third-order valence-corrected chi connectivity index (χ3v) is 5.46. The molecule has 0 unspecified atom stereocenters. The van der Waals surface area contributed by atoms with Gasteiger partial charge in [0.15, 0.2) is 5.82 Å². The smallest absolute Gasteiger partial charge is 0.390 e. The number of aromatic amines is 2. The number of pyridine rings is 1. The van der Waals surface area contributed by atoms with Crippen LogP contribution in [0.25, 0.3) is 33.1 Å². The maximum Gasteiger partial charge on any atom is 0.433 e. The van der Waals surface area contributed by atoms with Gasteiger partial charge in [-0.15, -0.1) is 0 Å². The number of rotatable bonds is 2. The number of hydrogen-bond donors (Lipinski definition) is 3. The molecule has 0 bridgehead atoms. The molecule has 3 heterocycles. The molecule has 1 aromatic carbocycles. The Morgan fingerprint density at radius 2 is 1.83 bits per heavy atom. The van der Waals surface area contributed by atoms with Crippen LogP contribution in [0.2, 0.25) is 0 Å². The number of aliphatic hydroxyl groups is 1. The predicted octanol–water partition coefficient (Wildman–Crippen LogP) is 4.03. The molecule has 0 atom stereocenters. The maximum atomic E-state index is 14.9. The summed E-state index contributed by atoms with van der Waals surface area (Å²) in [5.41, 5.74) is 1.06. The molecular weight excluding hydrogens is 390 g/mol. The fraction of sp³-hybridized carbons (Fsp3) is 0.316. The number of nitrogens with zero attached hydrogens (tertiary/aromatic N) is 3. The summed E-state index contributed by atoms with van der Waals surface area (Å²) < 4.78 is 55.3. The number of nitrogens with one attached hydrogen (secondary N) is 2. The van der Waals surface area contributed by atoms with Gasteiger partial charge in [-0.3, -0.25) is 10.2 Å². The number of aryl methyl sites for hydroxylation is 1. The number of alkyl halides is 3. The highest BCUT2D eigenvalue weighted by atomic mass is 19.4. The summed E-state index contributed by atoms with van der Waals surface area (Å²) in [5, 5.41) is 23.0. The van der Waals surface area contributed by atoms with Crippen molar-refractivity contribution in [2.45, 2.75) is 38.5 Å².